The molecule has 1 amide bonds. The van der Waals surface area contributed by atoms with Crippen molar-refractivity contribution in [3.8, 4) is 5.69 Å². The van der Waals surface area contributed by atoms with Gasteiger partial charge in [-0.3, -0.25) is 14.2 Å². The number of nitrogen functional groups attached to an aromatic ring is 1. The van der Waals surface area contributed by atoms with E-state index < -0.39 is 5.91 Å². The van der Waals surface area contributed by atoms with E-state index in [1.54, 1.807) is 16.1 Å². The van der Waals surface area contributed by atoms with Crippen LogP contribution in [0.25, 0.3) is 11.2 Å². The van der Waals surface area contributed by atoms with Crippen molar-refractivity contribution < 1.29 is 4.79 Å². The van der Waals surface area contributed by atoms with Crippen LogP contribution in [-0.4, -0.2) is 36.1 Å². The van der Waals surface area contributed by atoms with E-state index in [1.165, 1.54) is 17.0 Å². The second kappa shape index (κ2) is 12.1. The number of anilines is 1. The van der Waals surface area contributed by atoms with Crippen LogP contribution in [0.4, 0.5) is 11.6 Å². The second-order valence-electron chi connectivity index (χ2n) is 7.12. The maximum absolute atomic E-state index is 12.7. The molecule has 0 saturated carbocycles. The molecule has 4 aromatic rings. The zero-order valence-electron chi connectivity index (χ0n) is 20.8. The summed E-state index contributed by atoms with van der Waals surface area (Å²) in [6.45, 7) is 11.4. The molecule has 0 saturated heterocycles. The second-order valence-corrected chi connectivity index (χ2v) is 7.12. The van der Waals surface area contributed by atoms with Crippen molar-refractivity contribution in [3.05, 3.63) is 82.6 Å². The van der Waals surface area contributed by atoms with E-state index in [0.717, 1.165) is 17.1 Å². The van der Waals surface area contributed by atoms with Gasteiger partial charge in [0.05, 0.1) is 5.69 Å². The number of amides is 1. The Morgan fingerprint density at radius 1 is 1.17 bits per heavy atom. The van der Waals surface area contributed by atoms with Crippen molar-refractivity contribution in [1.82, 2.24) is 24.0 Å². The SMILES string of the molecule is C=C/C=N\c1c(C(N)=O)c(N)nn1C.CC.CCc1nn2ccc(C)c2c(=O)n1-c1ccccc1. The van der Waals surface area contributed by atoms with Gasteiger partial charge >= 0.3 is 0 Å². The molecule has 4 N–H and O–H groups in total. The van der Waals surface area contributed by atoms with Crippen LogP contribution < -0.4 is 17.0 Å². The minimum absolute atomic E-state index is 0.0134. The summed E-state index contributed by atoms with van der Waals surface area (Å²) in [4.78, 5) is 27.6. The Morgan fingerprint density at radius 2 is 1.83 bits per heavy atom. The fraction of sp³-hybridized carbons (Fsp3) is 0.240. The molecule has 10 heteroatoms. The summed E-state index contributed by atoms with van der Waals surface area (Å²) in [6.07, 6.45) is 5.45. The normalized spacial score (nSPS) is 10.4. The van der Waals surface area contributed by atoms with Crippen LogP contribution >= 0.6 is 0 Å². The van der Waals surface area contributed by atoms with Gasteiger partial charge in [-0.25, -0.2) is 14.2 Å². The number of aryl methyl sites for hydroxylation is 3. The summed E-state index contributed by atoms with van der Waals surface area (Å²) in [7, 11) is 1.62. The smallest absolute Gasteiger partial charge is 0.282 e. The van der Waals surface area contributed by atoms with Crippen LogP contribution in [0.5, 0.6) is 0 Å². The van der Waals surface area contributed by atoms with E-state index in [0.29, 0.717) is 17.8 Å². The summed E-state index contributed by atoms with van der Waals surface area (Å²) >= 11 is 0. The minimum Gasteiger partial charge on any atom is -0.381 e. The molecular weight excluding hydrogens is 444 g/mol. The topological polar surface area (TPSA) is 139 Å². The predicted molar refractivity (Wildman–Crippen MR) is 141 cm³/mol. The van der Waals surface area contributed by atoms with Gasteiger partial charge in [-0.05, 0) is 30.7 Å². The average molecular weight is 477 g/mol. The first kappa shape index (κ1) is 26.8. The van der Waals surface area contributed by atoms with Crippen molar-refractivity contribution in [2.75, 3.05) is 5.73 Å². The van der Waals surface area contributed by atoms with Gasteiger partial charge in [-0.2, -0.15) is 10.2 Å². The lowest BCUT2D eigenvalue weighted by Gasteiger charge is -2.11. The number of carbonyl (C=O) groups excluding carboxylic acids is 1. The number of benzene rings is 1. The van der Waals surface area contributed by atoms with Crippen LogP contribution in [-0.2, 0) is 13.5 Å². The third-order valence-corrected chi connectivity index (χ3v) is 4.88. The molecule has 0 spiro atoms. The summed E-state index contributed by atoms with van der Waals surface area (Å²) in [6, 6.07) is 11.6. The van der Waals surface area contributed by atoms with Gasteiger partial charge in [0.1, 0.15) is 16.9 Å². The van der Waals surface area contributed by atoms with Gasteiger partial charge in [0.15, 0.2) is 11.6 Å². The fourth-order valence-corrected chi connectivity index (χ4v) is 3.37. The highest BCUT2D eigenvalue weighted by Crippen LogP contribution is 2.22. The highest BCUT2D eigenvalue weighted by atomic mass is 16.1. The number of nitrogens with zero attached hydrogens (tertiary/aromatic N) is 6. The molecule has 3 heterocycles. The Balaban J connectivity index is 0.000000241. The summed E-state index contributed by atoms with van der Waals surface area (Å²) in [5.74, 6) is 0.525. The summed E-state index contributed by atoms with van der Waals surface area (Å²) < 4.78 is 4.76. The standard InChI is InChI=1S/C15H15N3O.C8H11N5O.C2H6/c1-3-13-16-17-10-9-11(2)14(17)15(19)18(13)12-7-5-4-6-8-12;1-3-4-11-8-5(7(10)14)6(9)12-13(8)2;1-2/h4-10H,3H2,1-2H3;3-4H,1H2,2H3,(H2,9,12)(H2,10,14);1-2H3/b;11-4-;. The van der Waals surface area contributed by atoms with Gasteiger partial charge in [-0.1, -0.05) is 51.6 Å². The molecule has 0 aliphatic heterocycles. The number of allylic oxidation sites excluding steroid dienone is 1. The number of hydrogen-bond acceptors (Lipinski definition) is 6. The van der Waals surface area contributed by atoms with Crippen molar-refractivity contribution in [3.63, 3.8) is 0 Å². The third kappa shape index (κ3) is 5.72. The molecule has 0 bridgehead atoms. The van der Waals surface area contributed by atoms with Crippen LogP contribution in [0, 0.1) is 6.92 Å². The molecule has 0 aliphatic carbocycles. The largest absolute Gasteiger partial charge is 0.381 e. The molecule has 0 aliphatic rings. The molecule has 3 aromatic heterocycles. The van der Waals surface area contributed by atoms with Crippen LogP contribution in [0.3, 0.4) is 0 Å². The molecule has 10 nitrogen and oxygen atoms in total. The first-order chi connectivity index (χ1) is 16.8. The number of para-hydroxylation sites is 1. The Labute approximate surface area is 204 Å². The Morgan fingerprint density at radius 3 is 2.40 bits per heavy atom. The molecule has 1 aromatic carbocycles. The summed E-state index contributed by atoms with van der Waals surface area (Å²) in [5, 5.41) is 8.36. The van der Waals surface area contributed by atoms with E-state index >= 15 is 0 Å². The monoisotopic (exact) mass is 476 g/mol. The lowest BCUT2D eigenvalue weighted by atomic mass is 10.3. The third-order valence-electron chi connectivity index (χ3n) is 4.88. The Hall–Kier alpha value is -4.47. The number of nitrogens with two attached hydrogens (primary N) is 2. The molecular formula is C25H32N8O2. The van der Waals surface area contributed by atoms with E-state index in [1.807, 2.05) is 70.3 Å². The van der Waals surface area contributed by atoms with Gasteiger partial charge in [0, 0.05) is 25.9 Å². The first-order valence-corrected chi connectivity index (χ1v) is 11.2. The van der Waals surface area contributed by atoms with Crippen LogP contribution in [0.15, 0.2) is 65.0 Å². The molecule has 4 rings (SSSR count). The average Bonchev–Trinajstić information content (AvgIpc) is 3.37. The molecule has 0 radical (unpaired) electrons. The van der Waals surface area contributed by atoms with Gasteiger partial charge < -0.3 is 11.5 Å². The van der Waals surface area contributed by atoms with E-state index in [2.05, 4.69) is 21.8 Å². The lowest BCUT2D eigenvalue weighted by Crippen LogP contribution is -2.26. The van der Waals surface area contributed by atoms with E-state index in [-0.39, 0.29) is 16.9 Å². The zero-order valence-corrected chi connectivity index (χ0v) is 20.8. The summed E-state index contributed by atoms with van der Waals surface area (Å²) in [5.41, 5.74) is 13.2. The number of aromatic nitrogens is 5. The maximum atomic E-state index is 12.7. The highest BCUT2D eigenvalue weighted by molar-refractivity contribution is 6.02. The highest BCUT2D eigenvalue weighted by Gasteiger charge is 2.17. The van der Waals surface area contributed by atoms with Crippen LogP contribution in [0.2, 0.25) is 0 Å². The minimum atomic E-state index is -0.646. The quantitative estimate of drug-likeness (QED) is 0.425. The number of aliphatic imine (C=N–C) groups is 1. The van der Waals surface area contributed by atoms with Gasteiger partial charge in [-0.15, -0.1) is 0 Å². The number of primary amides is 1. The Kier molecular flexibility index (Phi) is 9.27. The molecule has 0 fully saturated rings. The molecule has 0 atom stereocenters. The number of hydrogen-bond donors (Lipinski definition) is 2. The number of carbonyl (C=O) groups is 1. The van der Waals surface area contributed by atoms with Gasteiger partial charge in [0.2, 0.25) is 0 Å². The predicted octanol–water partition coefficient (Wildman–Crippen LogP) is 3.37. The van der Waals surface area contributed by atoms with E-state index in [4.69, 9.17) is 11.5 Å². The van der Waals surface area contributed by atoms with Crippen LogP contribution in [0.1, 0.15) is 42.5 Å². The fourth-order valence-electron chi connectivity index (χ4n) is 3.37. The molecule has 35 heavy (non-hydrogen) atoms. The lowest BCUT2D eigenvalue weighted by molar-refractivity contribution is 0.100. The van der Waals surface area contributed by atoms with Gasteiger partial charge in [0.25, 0.3) is 11.5 Å². The number of rotatable bonds is 5. The maximum Gasteiger partial charge on any atom is 0.282 e. The van der Waals surface area contributed by atoms with E-state index in [9.17, 15) is 9.59 Å². The first-order valence-electron chi connectivity index (χ1n) is 11.2. The molecule has 184 valence electrons. The zero-order chi connectivity index (χ0) is 26.1. The van der Waals surface area contributed by atoms with Crippen molar-refractivity contribution in [1.29, 1.82) is 0 Å². The van der Waals surface area contributed by atoms with Crippen molar-refractivity contribution in [2.45, 2.75) is 34.1 Å². The Bertz CT molecular complexity index is 1390. The number of fused-ring (bicyclic) bond motifs is 1. The van der Waals surface area contributed by atoms with Crippen molar-refractivity contribution in [2.24, 2.45) is 17.8 Å². The van der Waals surface area contributed by atoms with Crippen molar-refractivity contribution >= 4 is 29.3 Å². The molecule has 0 unspecified atom stereocenters.